The molecular weight excluding hydrogens is 238 g/mol. The Labute approximate surface area is 102 Å². The highest BCUT2D eigenvalue weighted by molar-refractivity contribution is 7.91. The molecule has 0 fully saturated rings. The maximum Gasteiger partial charge on any atom is 0.163 e. The second-order valence-electron chi connectivity index (χ2n) is 3.95. The summed E-state index contributed by atoms with van der Waals surface area (Å²) in [5.41, 5.74) is 1.39. The first-order valence-corrected chi connectivity index (χ1v) is 7.43. The van der Waals surface area contributed by atoms with Gasteiger partial charge in [-0.05, 0) is 25.5 Å². The van der Waals surface area contributed by atoms with E-state index in [2.05, 4.69) is 4.98 Å². The summed E-state index contributed by atoms with van der Waals surface area (Å²) >= 11 is 0. The molecule has 0 aromatic carbocycles. The summed E-state index contributed by atoms with van der Waals surface area (Å²) < 4.78 is 22.5. The molecule has 1 aromatic rings. The number of hydrogen-bond donors (Lipinski definition) is 0. The van der Waals surface area contributed by atoms with E-state index in [9.17, 15) is 13.2 Å². The van der Waals surface area contributed by atoms with Crippen molar-refractivity contribution in [1.29, 1.82) is 0 Å². The lowest BCUT2D eigenvalue weighted by molar-refractivity contribution is 0.0982. The normalized spacial score (nSPS) is 11.4. The van der Waals surface area contributed by atoms with Crippen LogP contribution in [0.3, 0.4) is 0 Å². The van der Waals surface area contributed by atoms with Gasteiger partial charge < -0.3 is 0 Å². The van der Waals surface area contributed by atoms with E-state index >= 15 is 0 Å². The van der Waals surface area contributed by atoms with Crippen molar-refractivity contribution in [2.24, 2.45) is 0 Å². The number of rotatable bonds is 6. The quantitative estimate of drug-likeness (QED) is 0.727. The van der Waals surface area contributed by atoms with Crippen LogP contribution in [0.4, 0.5) is 0 Å². The van der Waals surface area contributed by atoms with Gasteiger partial charge in [0.15, 0.2) is 5.78 Å². The van der Waals surface area contributed by atoms with Crippen molar-refractivity contribution >= 4 is 15.6 Å². The molecule has 0 radical (unpaired) electrons. The van der Waals surface area contributed by atoms with Crippen LogP contribution >= 0.6 is 0 Å². The molecule has 1 aromatic heterocycles. The van der Waals surface area contributed by atoms with Gasteiger partial charge in [0, 0.05) is 29.6 Å². The number of hydrogen-bond acceptors (Lipinski definition) is 4. The summed E-state index contributed by atoms with van der Waals surface area (Å²) in [6, 6.07) is 3.38. The molecule has 0 bridgehead atoms. The minimum Gasteiger partial charge on any atom is -0.294 e. The van der Waals surface area contributed by atoms with Crippen molar-refractivity contribution < 1.29 is 13.2 Å². The summed E-state index contributed by atoms with van der Waals surface area (Å²) in [5, 5.41) is 0. The van der Waals surface area contributed by atoms with Gasteiger partial charge in [-0.1, -0.05) is 6.92 Å². The molecule has 0 aliphatic rings. The van der Waals surface area contributed by atoms with Crippen molar-refractivity contribution in [2.75, 3.05) is 11.5 Å². The molecule has 0 saturated carbocycles. The summed E-state index contributed by atoms with van der Waals surface area (Å²) in [5.74, 6) is 0.191. The van der Waals surface area contributed by atoms with Gasteiger partial charge in [0.1, 0.15) is 9.84 Å². The molecule has 17 heavy (non-hydrogen) atoms. The lowest BCUT2D eigenvalue weighted by Crippen LogP contribution is -2.10. The zero-order valence-corrected chi connectivity index (χ0v) is 11.0. The Kier molecular flexibility index (Phi) is 4.81. The fraction of sp³-hybridized carbons (Fsp3) is 0.500. The molecule has 94 valence electrons. The fourth-order valence-electron chi connectivity index (χ4n) is 1.46. The molecule has 0 spiro atoms. The van der Waals surface area contributed by atoms with E-state index < -0.39 is 9.84 Å². The minimum absolute atomic E-state index is 0.0261. The molecule has 0 unspecified atom stereocenters. The van der Waals surface area contributed by atoms with Crippen LogP contribution in [0.5, 0.6) is 0 Å². The number of Topliss-reactive ketones (excluding diaryl/α,β-unsaturated/α-hetero) is 1. The standard InChI is InChI=1S/C12H17NO3S/c1-3-17(15,16)8-4-5-12(14)11-6-7-13-10(2)9-11/h6-7,9H,3-5,8H2,1-2H3. The van der Waals surface area contributed by atoms with Crippen molar-refractivity contribution in [3.05, 3.63) is 29.6 Å². The number of pyridine rings is 1. The van der Waals surface area contributed by atoms with Crippen LogP contribution in [-0.2, 0) is 9.84 Å². The number of aromatic nitrogens is 1. The van der Waals surface area contributed by atoms with Crippen molar-refractivity contribution in [3.63, 3.8) is 0 Å². The Morgan fingerprint density at radius 1 is 1.41 bits per heavy atom. The summed E-state index contributed by atoms with van der Waals surface area (Å²) in [7, 11) is -2.97. The van der Waals surface area contributed by atoms with E-state index in [1.807, 2.05) is 6.92 Å². The van der Waals surface area contributed by atoms with Gasteiger partial charge in [0.25, 0.3) is 0 Å². The average molecular weight is 255 g/mol. The number of carbonyl (C=O) groups excluding carboxylic acids is 1. The van der Waals surface area contributed by atoms with Gasteiger partial charge >= 0.3 is 0 Å². The van der Waals surface area contributed by atoms with Crippen molar-refractivity contribution in [1.82, 2.24) is 4.98 Å². The topological polar surface area (TPSA) is 64.1 Å². The molecule has 0 N–H and O–H groups in total. The summed E-state index contributed by atoms with van der Waals surface area (Å²) in [4.78, 5) is 15.8. The van der Waals surface area contributed by atoms with E-state index in [0.29, 0.717) is 12.0 Å². The van der Waals surface area contributed by atoms with E-state index in [1.54, 1.807) is 25.3 Å². The van der Waals surface area contributed by atoms with E-state index in [4.69, 9.17) is 0 Å². The van der Waals surface area contributed by atoms with Crippen LogP contribution in [0.1, 0.15) is 35.8 Å². The fourth-order valence-corrected chi connectivity index (χ4v) is 2.33. The molecule has 4 nitrogen and oxygen atoms in total. The molecule has 0 aliphatic heterocycles. The van der Waals surface area contributed by atoms with Gasteiger partial charge in [0.2, 0.25) is 0 Å². The Balaban J connectivity index is 2.51. The SMILES string of the molecule is CCS(=O)(=O)CCCC(=O)c1ccnc(C)c1. The van der Waals surface area contributed by atoms with Crippen molar-refractivity contribution in [2.45, 2.75) is 26.7 Å². The third-order valence-electron chi connectivity index (χ3n) is 2.52. The zero-order chi connectivity index (χ0) is 12.9. The molecule has 1 rings (SSSR count). The number of carbonyl (C=O) groups is 1. The number of aryl methyl sites for hydroxylation is 1. The van der Waals surface area contributed by atoms with Gasteiger partial charge in [-0.15, -0.1) is 0 Å². The Morgan fingerprint density at radius 2 is 2.12 bits per heavy atom. The Morgan fingerprint density at radius 3 is 2.71 bits per heavy atom. The molecule has 0 amide bonds. The average Bonchev–Trinajstić information content (AvgIpc) is 2.28. The zero-order valence-electron chi connectivity index (χ0n) is 10.1. The van der Waals surface area contributed by atoms with Crippen LogP contribution in [0.15, 0.2) is 18.3 Å². The smallest absolute Gasteiger partial charge is 0.163 e. The number of nitrogens with zero attached hydrogens (tertiary/aromatic N) is 1. The largest absolute Gasteiger partial charge is 0.294 e. The van der Waals surface area contributed by atoms with Gasteiger partial charge in [-0.2, -0.15) is 0 Å². The van der Waals surface area contributed by atoms with Crippen LogP contribution in [0.2, 0.25) is 0 Å². The highest BCUT2D eigenvalue weighted by Gasteiger charge is 2.10. The Hall–Kier alpha value is -1.23. The number of ketones is 1. The van der Waals surface area contributed by atoms with Crippen LogP contribution < -0.4 is 0 Å². The first-order valence-electron chi connectivity index (χ1n) is 5.61. The van der Waals surface area contributed by atoms with E-state index in [-0.39, 0.29) is 23.7 Å². The third-order valence-corrected chi connectivity index (χ3v) is 4.31. The lowest BCUT2D eigenvalue weighted by atomic mass is 10.1. The highest BCUT2D eigenvalue weighted by Crippen LogP contribution is 2.07. The van der Waals surface area contributed by atoms with Gasteiger partial charge in [-0.3, -0.25) is 9.78 Å². The van der Waals surface area contributed by atoms with E-state index in [1.165, 1.54) is 0 Å². The second-order valence-corrected chi connectivity index (χ2v) is 6.42. The minimum atomic E-state index is -2.97. The predicted molar refractivity (Wildman–Crippen MR) is 66.9 cm³/mol. The first-order chi connectivity index (χ1) is 7.94. The number of sulfone groups is 1. The lowest BCUT2D eigenvalue weighted by Gasteiger charge is -2.02. The molecule has 5 heteroatoms. The van der Waals surface area contributed by atoms with Crippen LogP contribution in [-0.4, -0.2) is 30.7 Å². The third kappa shape index (κ3) is 4.65. The second kappa shape index (κ2) is 5.91. The highest BCUT2D eigenvalue weighted by atomic mass is 32.2. The monoisotopic (exact) mass is 255 g/mol. The van der Waals surface area contributed by atoms with Gasteiger partial charge in [0.05, 0.1) is 5.75 Å². The first kappa shape index (κ1) is 13.8. The molecule has 1 heterocycles. The molecule has 0 aliphatic carbocycles. The molecule has 0 saturated heterocycles. The van der Waals surface area contributed by atoms with Crippen LogP contribution in [0.25, 0.3) is 0 Å². The van der Waals surface area contributed by atoms with Gasteiger partial charge in [-0.25, -0.2) is 8.42 Å². The maximum absolute atomic E-state index is 11.7. The summed E-state index contributed by atoms with van der Waals surface area (Å²) in [6.45, 7) is 3.43. The molecular formula is C12H17NO3S. The maximum atomic E-state index is 11.7. The predicted octanol–water partition coefficient (Wildman–Crippen LogP) is 1.79. The van der Waals surface area contributed by atoms with E-state index in [0.717, 1.165) is 5.69 Å². The summed E-state index contributed by atoms with van der Waals surface area (Å²) in [6.07, 6.45) is 2.24. The van der Waals surface area contributed by atoms with Crippen molar-refractivity contribution in [3.8, 4) is 0 Å². The molecule has 0 atom stereocenters. The van der Waals surface area contributed by atoms with Crippen LogP contribution in [0, 0.1) is 6.92 Å². The Bertz CT molecular complexity index is 494.